The van der Waals surface area contributed by atoms with Gasteiger partial charge in [0.25, 0.3) is 11.5 Å². The van der Waals surface area contributed by atoms with Crippen molar-refractivity contribution < 1.29 is 4.79 Å². The van der Waals surface area contributed by atoms with Gasteiger partial charge in [-0.25, -0.2) is 0 Å². The molecule has 1 aromatic rings. The Bertz CT molecular complexity index is 464. The minimum atomic E-state index is -0.141. The van der Waals surface area contributed by atoms with Crippen LogP contribution in [0.4, 0.5) is 0 Å². The summed E-state index contributed by atoms with van der Waals surface area (Å²) >= 11 is 0. The number of pyridine rings is 1. The first kappa shape index (κ1) is 10.9. The van der Waals surface area contributed by atoms with E-state index in [-0.39, 0.29) is 17.5 Å². The van der Waals surface area contributed by atoms with E-state index in [1.807, 2.05) is 11.8 Å². The van der Waals surface area contributed by atoms with Crippen LogP contribution in [-0.2, 0) is 7.05 Å². The zero-order valence-electron chi connectivity index (χ0n) is 9.64. The van der Waals surface area contributed by atoms with Crippen molar-refractivity contribution in [1.82, 2.24) is 9.47 Å². The normalized spacial score (nSPS) is 20.1. The summed E-state index contributed by atoms with van der Waals surface area (Å²) < 4.78 is 1.46. The zero-order valence-corrected chi connectivity index (χ0v) is 9.64. The van der Waals surface area contributed by atoms with Gasteiger partial charge in [-0.2, -0.15) is 0 Å². The third kappa shape index (κ3) is 1.87. The number of hydrogen-bond donors (Lipinski definition) is 0. The molecule has 1 unspecified atom stereocenters. The van der Waals surface area contributed by atoms with E-state index in [2.05, 4.69) is 0 Å². The number of nitrogens with zero attached hydrogens (tertiary/aromatic N) is 2. The van der Waals surface area contributed by atoms with Gasteiger partial charge in [-0.3, -0.25) is 9.59 Å². The minimum Gasteiger partial charge on any atom is -0.336 e. The maximum absolute atomic E-state index is 12.1. The van der Waals surface area contributed by atoms with Gasteiger partial charge in [-0.05, 0) is 25.8 Å². The molecule has 0 N–H and O–H groups in total. The van der Waals surface area contributed by atoms with Gasteiger partial charge >= 0.3 is 0 Å². The summed E-state index contributed by atoms with van der Waals surface area (Å²) in [6.07, 6.45) is 3.74. The third-order valence-corrected chi connectivity index (χ3v) is 3.17. The Morgan fingerprint density at radius 2 is 2.25 bits per heavy atom. The molecule has 0 bridgehead atoms. The second kappa shape index (κ2) is 4.12. The van der Waals surface area contributed by atoms with E-state index in [1.165, 1.54) is 10.6 Å². The van der Waals surface area contributed by atoms with E-state index in [0.717, 1.165) is 19.4 Å². The Hall–Kier alpha value is -1.58. The molecule has 1 fully saturated rings. The van der Waals surface area contributed by atoms with Crippen molar-refractivity contribution in [2.75, 3.05) is 6.54 Å². The lowest BCUT2D eigenvalue weighted by Crippen LogP contribution is -2.34. The molecule has 1 aliphatic heterocycles. The van der Waals surface area contributed by atoms with Crippen molar-refractivity contribution in [2.45, 2.75) is 25.8 Å². The fraction of sp³-hybridized carbons (Fsp3) is 0.500. The molecule has 2 heterocycles. The topological polar surface area (TPSA) is 42.3 Å². The number of rotatable bonds is 1. The van der Waals surface area contributed by atoms with E-state index in [0.29, 0.717) is 5.56 Å². The monoisotopic (exact) mass is 220 g/mol. The number of aryl methyl sites for hydroxylation is 1. The predicted octanol–water partition coefficient (Wildman–Crippen LogP) is 1.01. The number of carbonyl (C=O) groups excluding carboxylic acids is 1. The van der Waals surface area contributed by atoms with Gasteiger partial charge in [-0.1, -0.05) is 0 Å². The molecule has 0 radical (unpaired) electrons. The fourth-order valence-corrected chi connectivity index (χ4v) is 2.08. The zero-order chi connectivity index (χ0) is 11.7. The molecule has 1 amide bonds. The second-order valence-electron chi connectivity index (χ2n) is 4.35. The maximum atomic E-state index is 12.1. The Labute approximate surface area is 94.5 Å². The highest BCUT2D eigenvalue weighted by Crippen LogP contribution is 2.18. The lowest BCUT2D eigenvalue weighted by molar-refractivity contribution is 0.0747. The first-order valence-electron chi connectivity index (χ1n) is 5.57. The van der Waals surface area contributed by atoms with Crippen molar-refractivity contribution in [3.63, 3.8) is 0 Å². The van der Waals surface area contributed by atoms with Crippen LogP contribution in [0.15, 0.2) is 23.1 Å². The van der Waals surface area contributed by atoms with Gasteiger partial charge < -0.3 is 9.47 Å². The third-order valence-electron chi connectivity index (χ3n) is 3.17. The molecule has 1 aliphatic rings. The summed E-state index contributed by atoms with van der Waals surface area (Å²) in [6, 6.07) is 3.40. The molecule has 86 valence electrons. The molecule has 1 saturated heterocycles. The van der Waals surface area contributed by atoms with Crippen LogP contribution in [0, 0.1) is 0 Å². The minimum absolute atomic E-state index is 0.0253. The standard InChI is InChI=1S/C12H16N2O2/c1-9-4-3-6-14(9)12(16)10-5-7-13(2)11(15)8-10/h5,7-9H,3-4,6H2,1-2H3. The van der Waals surface area contributed by atoms with Crippen LogP contribution in [-0.4, -0.2) is 28.0 Å². The van der Waals surface area contributed by atoms with E-state index in [4.69, 9.17) is 0 Å². The fourth-order valence-electron chi connectivity index (χ4n) is 2.08. The maximum Gasteiger partial charge on any atom is 0.254 e. The molecule has 0 saturated carbocycles. The van der Waals surface area contributed by atoms with Gasteiger partial charge in [0.05, 0.1) is 0 Å². The summed E-state index contributed by atoms with van der Waals surface area (Å²) in [5.74, 6) is -0.0253. The summed E-state index contributed by atoms with van der Waals surface area (Å²) in [5.41, 5.74) is 0.356. The first-order valence-corrected chi connectivity index (χ1v) is 5.57. The molecular weight excluding hydrogens is 204 g/mol. The van der Waals surface area contributed by atoms with Crippen molar-refractivity contribution >= 4 is 5.91 Å². The van der Waals surface area contributed by atoms with Crippen molar-refractivity contribution in [3.05, 3.63) is 34.2 Å². The van der Waals surface area contributed by atoms with Gasteiger partial charge in [0.15, 0.2) is 0 Å². The molecule has 1 aromatic heterocycles. The van der Waals surface area contributed by atoms with Crippen molar-refractivity contribution in [1.29, 1.82) is 0 Å². The smallest absolute Gasteiger partial charge is 0.254 e. The summed E-state index contributed by atoms with van der Waals surface area (Å²) in [7, 11) is 1.68. The number of hydrogen-bond acceptors (Lipinski definition) is 2. The van der Waals surface area contributed by atoms with Crippen LogP contribution >= 0.6 is 0 Å². The highest BCUT2D eigenvalue weighted by atomic mass is 16.2. The van der Waals surface area contributed by atoms with Crippen LogP contribution in [0.2, 0.25) is 0 Å². The Balaban J connectivity index is 2.27. The molecule has 1 atom stereocenters. The molecule has 4 heteroatoms. The van der Waals surface area contributed by atoms with Crippen LogP contribution in [0.5, 0.6) is 0 Å². The molecular formula is C12H16N2O2. The average Bonchev–Trinajstić information content (AvgIpc) is 2.67. The van der Waals surface area contributed by atoms with Gasteiger partial charge in [0, 0.05) is 37.5 Å². The molecule has 0 aliphatic carbocycles. The van der Waals surface area contributed by atoms with Gasteiger partial charge in [0.2, 0.25) is 0 Å². The van der Waals surface area contributed by atoms with E-state index in [1.54, 1.807) is 19.3 Å². The lowest BCUT2D eigenvalue weighted by atomic mass is 10.2. The number of likely N-dealkylation sites (tertiary alicyclic amines) is 1. The van der Waals surface area contributed by atoms with Crippen LogP contribution in [0.25, 0.3) is 0 Å². The lowest BCUT2D eigenvalue weighted by Gasteiger charge is -2.21. The summed E-state index contributed by atoms with van der Waals surface area (Å²) in [4.78, 5) is 25.4. The van der Waals surface area contributed by atoms with Gasteiger partial charge in [-0.15, -0.1) is 0 Å². The molecule has 0 spiro atoms. The highest BCUT2D eigenvalue weighted by molar-refractivity contribution is 5.94. The van der Waals surface area contributed by atoms with Crippen LogP contribution < -0.4 is 5.56 Å². The predicted molar refractivity (Wildman–Crippen MR) is 61.4 cm³/mol. The van der Waals surface area contributed by atoms with Crippen LogP contribution in [0.3, 0.4) is 0 Å². The first-order chi connectivity index (χ1) is 7.59. The number of aromatic nitrogens is 1. The quantitative estimate of drug-likeness (QED) is 0.709. The molecule has 4 nitrogen and oxygen atoms in total. The molecule has 0 aromatic carbocycles. The summed E-state index contributed by atoms with van der Waals surface area (Å²) in [5, 5.41) is 0. The van der Waals surface area contributed by atoms with E-state index in [9.17, 15) is 9.59 Å². The Kier molecular flexibility index (Phi) is 2.81. The number of amides is 1. The summed E-state index contributed by atoms with van der Waals surface area (Å²) in [6.45, 7) is 2.85. The Morgan fingerprint density at radius 1 is 1.50 bits per heavy atom. The highest BCUT2D eigenvalue weighted by Gasteiger charge is 2.25. The second-order valence-corrected chi connectivity index (χ2v) is 4.35. The number of carbonyl (C=O) groups is 1. The van der Waals surface area contributed by atoms with Crippen molar-refractivity contribution in [2.24, 2.45) is 7.05 Å². The van der Waals surface area contributed by atoms with Crippen LogP contribution in [0.1, 0.15) is 30.1 Å². The molecule has 16 heavy (non-hydrogen) atoms. The largest absolute Gasteiger partial charge is 0.336 e. The van der Waals surface area contributed by atoms with E-state index >= 15 is 0 Å². The SMILES string of the molecule is CC1CCCN1C(=O)c1ccn(C)c(=O)c1. The van der Waals surface area contributed by atoms with Crippen molar-refractivity contribution in [3.8, 4) is 0 Å². The van der Waals surface area contributed by atoms with Gasteiger partial charge in [0.1, 0.15) is 0 Å². The molecule has 2 rings (SSSR count). The van der Waals surface area contributed by atoms with E-state index < -0.39 is 0 Å². The average molecular weight is 220 g/mol. The Morgan fingerprint density at radius 3 is 2.81 bits per heavy atom.